The summed E-state index contributed by atoms with van der Waals surface area (Å²) < 4.78 is 11.9. The van der Waals surface area contributed by atoms with Crippen LogP contribution in [0.2, 0.25) is 0 Å². The van der Waals surface area contributed by atoms with Crippen LogP contribution >= 0.6 is 0 Å². The zero-order chi connectivity index (χ0) is 16.4. The van der Waals surface area contributed by atoms with E-state index in [1.807, 2.05) is 30.3 Å². The summed E-state index contributed by atoms with van der Waals surface area (Å²) in [5, 5.41) is 0. The Hall–Kier alpha value is -2.84. The van der Waals surface area contributed by atoms with Gasteiger partial charge in [0.25, 0.3) is 0 Å². The highest BCUT2D eigenvalue weighted by molar-refractivity contribution is 5.98. The van der Waals surface area contributed by atoms with Gasteiger partial charge in [0.1, 0.15) is 5.76 Å². The summed E-state index contributed by atoms with van der Waals surface area (Å²) in [7, 11) is 1.68. The van der Waals surface area contributed by atoms with E-state index in [9.17, 15) is 0 Å². The maximum absolute atomic E-state index is 6.27. The van der Waals surface area contributed by atoms with Crippen molar-refractivity contribution < 1.29 is 9.47 Å². The smallest absolute Gasteiger partial charge is 0.227 e. The van der Waals surface area contributed by atoms with Gasteiger partial charge in [0.15, 0.2) is 0 Å². The number of fused-ring (bicyclic) bond motifs is 1. The largest absolute Gasteiger partial charge is 0.459 e. The van der Waals surface area contributed by atoms with Crippen molar-refractivity contribution in [2.45, 2.75) is 6.29 Å². The van der Waals surface area contributed by atoms with Crippen molar-refractivity contribution in [3.8, 4) is 0 Å². The molecule has 1 aliphatic rings. The quantitative estimate of drug-likeness (QED) is 0.655. The van der Waals surface area contributed by atoms with Crippen LogP contribution in [0.4, 0.5) is 0 Å². The fourth-order valence-electron chi connectivity index (χ4n) is 3.15. The highest BCUT2D eigenvalue weighted by atomic mass is 16.7. The molecule has 118 valence electrons. The molecule has 1 heterocycles. The molecule has 0 saturated heterocycles. The van der Waals surface area contributed by atoms with Crippen molar-refractivity contribution in [3.05, 3.63) is 107 Å². The Morgan fingerprint density at radius 1 is 0.708 bits per heavy atom. The van der Waals surface area contributed by atoms with Crippen LogP contribution in [0, 0.1) is 0 Å². The van der Waals surface area contributed by atoms with Gasteiger partial charge in [-0.25, -0.2) is 0 Å². The number of benzene rings is 3. The highest BCUT2D eigenvalue weighted by Gasteiger charge is 2.29. The number of hydrogen-bond donors (Lipinski definition) is 0. The molecular formula is C22H18O2. The number of hydrogen-bond acceptors (Lipinski definition) is 2. The molecule has 0 amide bonds. The Kier molecular flexibility index (Phi) is 3.89. The predicted octanol–water partition coefficient (Wildman–Crippen LogP) is 5.28. The van der Waals surface area contributed by atoms with E-state index in [1.165, 1.54) is 0 Å². The maximum atomic E-state index is 6.27. The molecule has 0 N–H and O–H groups in total. The monoisotopic (exact) mass is 314 g/mol. The van der Waals surface area contributed by atoms with E-state index in [-0.39, 0.29) is 0 Å². The Morgan fingerprint density at radius 2 is 1.29 bits per heavy atom. The Balaban J connectivity index is 2.01. The molecule has 3 aromatic rings. The van der Waals surface area contributed by atoms with Crippen LogP contribution in [0.5, 0.6) is 0 Å². The third-order valence-corrected chi connectivity index (χ3v) is 4.25. The summed E-state index contributed by atoms with van der Waals surface area (Å²) in [6.07, 6.45) is -0.399. The van der Waals surface area contributed by atoms with E-state index in [0.717, 1.165) is 33.6 Å². The molecule has 0 bridgehead atoms. The Labute approximate surface area is 142 Å². The van der Waals surface area contributed by atoms with E-state index < -0.39 is 6.29 Å². The average Bonchev–Trinajstić information content (AvgIpc) is 2.68. The van der Waals surface area contributed by atoms with Crippen LogP contribution in [-0.2, 0) is 9.47 Å². The normalized spacial score (nSPS) is 16.5. The van der Waals surface area contributed by atoms with Gasteiger partial charge in [-0.3, -0.25) is 0 Å². The Morgan fingerprint density at radius 3 is 1.96 bits per heavy atom. The van der Waals surface area contributed by atoms with Gasteiger partial charge in [-0.2, -0.15) is 0 Å². The molecule has 0 fully saturated rings. The molecule has 0 aromatic heterocycles. The lowest BCUT2D eigenvalue weighted by Gasteiger charge is -2.30. The maximum Gasteiger partial charge on any atom is 0.227 e. The minimum atomic E-state index is -0.399. The van der Waals surface area contributed by atoms with Crippen molar-refractivity contribution >= 4 is 11.3 Å². The summed E-state index contributed by atoms with van der Waals surface area (Å²) in [6.45, 7) is 0. The van der Waals surface area contributed by atoms with Crippen molar-refractivity contribution in [2.24, 2.45) is 0 Å². The molecule has 2 nitrogen and oxygen atoms in total. The third-order valence-electron chi connectivity index (χ3n) is 4.25. The van der Waals surface area contributed by atoms with Gasteiger partial charge in [0, 0.05) is 23.8 Å². The lowest BCUT2D eigenvalue weighted by molar-refractivity contribution is -0.0769. The van der Waals surface area contributed by atoms with Crippen LogP contribution in [0.1, 0.15) is 28.5 Å². The highest BCUT2D eigenvalue weighted by Crippen LogP contribution is 2.43. The van der Waals surface area contributed by atoms with E-state index in [2.05, 4.69) is 54.6 Å². The fourth-order valence-corrected chi connectivity index (χ4v) is 3.15. The molecular weight excluding hydrogens is 296 g/mol. The summed E-state index contributed by atoms with van der Waals surface area (Å²) in [6, 6.07) is 28.8. The van der Waals surface area contributed by atoms with Gasteiger partial charge in [0.2, 0.25) is 6.29 Å². The van der Waals surface area contributed by atoms with Crippen molar-refractivity contribution in [1.82, 2.24) is 0 Å². The standard InChI is InChI=1S/C22H18O2/c1-23-22-19-15-9-8-14-18(19)20(16-10-4-2-5-11-16)21(24-22)17-12-6-3-7-13-17/h2-15,22H,1H3. The van der Waals surface area contributed by atoms with Crippen molar-refractivity contribution in [1.29, 1.82) is 0 Å². The van der Waals surface area contributed by atoms with Gasteiger partial charge in [-0.05, 0) is 11.1 Å². The number of methoxy groups -OCH3 is 1. The molecule has 0 saturated carbocycles. The zero-order valence-electron chi connectivity index (χ0n) is 13.5. The molecule has 1 atom stereocenters. The average molecular weight is 314 g/mol. The van der Waals surface area contributed by atoms with Gasteiger partial charge in [0.05, 0.1) is 0 Å². The van der Waals surface area contributed by atoms with E-state index in [1.54, 1.807) is 7.11 Å². The van der Waals surface area contributed by atoms with Gasteiger partial charge < -0.3 is 9.47 Å². The predicted molar refractivity (Wildman–Crippen MR) is 96.1 cm³/mol. The van der Waals surface area contributed by atoms with Crippen LogP contribution < -0.4 is 0 Å². The van der Waals surface area contributed by atoms with Crippen LogP contribution in [-0.4, -0.2) is 7.11 Å². The molecule has 3 aromatic carbocycles. The lowest BCUT2D eigenvalue weighted by atomic mass is 9.89. The first-order valence-corrected chi connectivity index (χ1v) is 8.02. The molecule has 0 spiro atoms. The van der Waals surface area contributed by atoms with Crippen molar-refractivity contribution in [2.75, 3.05) is 7.11 Å². The minimum Gasteiger partial charge on any atom is -0.459 e. The summed E-state index contributed by atoms with van der Waals surface area (Å²) >= 11 is 0. The minimum absolute atomic E-state index is 0.399. The molecule has 0 radical (unpaired) electrons. The second-order valence-electron chi connectivity index (χ2n) is 5.71. The van der Waals surface area contributed by atoms with Crippen LogP contribution in [0.15, 0.2) is 84.9 Å². The zero-order valence-corrected chi connectivity index (χ0v) is 13.5. The van der Waals surface area contributed by atoms with E-state index >= 15 is 0 Å². The van der Waals surface area contributed by atoms with Gasteiger partial charge >= 0.3 is 0 Å². The molecule has 1 aliphatic heterocycles. The van der Waals surface area contributed by atoms with E-state index in [4.69, 9.17) is 9.47 Å². The van der Waals surface area contributed by atoms with Crippen molar-refractivity contribution in [3.63, 3.8) is 0 Å². The molecule has 1 unspecified atom stereocenters. The van der Waals surface area contributed by atoms with E-state index in [0.29, 0.717) is 0 Å². The fraction of sp³-hybridized carbons (Fsp3) is 0.0909. The lowest BCUT2D eigenvalue weighted by Crippen LogP contribution is -2.15. The molecule has 2 heteroatoms. The first kappa shape index (κ1) is 14.7. The van der Waals surface area contributed by atoms with Crippen LogP contribution in [0.25, 0.3) is 11.3 Å². The second kappa shape index (κ2) is 6.34. The summed E-state index contributed by atoms with van der Waals surface area (Å²) in [5.74, 6) is 0.854. The Bertz CT molecular complexity index is 867. The van der Waals surface area contributed by atoms with Crippen LogP contribution in [0.3, 0.4) is 0 Å². The van der Waals surface area contributed by atoms with Gasteiger partial charge in [-0.1, -0.05) is 84.9 Å². The first-order valence-electron chi connectivity index (χ1n) is 8.02. The first-order chi connectivity index (χ1) is 11.9. The number of ether oxygens (including phenoxy) is 2. The molecule has 0 aliphatic carbocycles. The molecule has 24 heavy (non-hydrogen) atoms. The third kappa shape index (κ3) is 2.51. The second-order valence-corrected chi connectivity index (χ2v) is 5.71. The number of rotatable bonds is 3. The summed E-state index contributed by atoms with van der Waals surface area (Å²) in [5.41, 5.74) is 5.50. The summed E-state index contributed by atoms with van der Waals surface area (Å²) in [4.78, 5) is 0. The van der Waals surface area contributed by atoms with Gasteiger partial charge in [-0.15, -0.1) is 0 Å². The topological polar surface area (TPSA) is 18.5 Å². The molecule has 4 rings (SSSR count). The SMILES string of the molecule is COC1OC(c2ccccc2)=C(c2ccccc2)c2ccccc21.